The molecule has 2 rings (SSSR count). The van der Waals surface area contributed by atoms with Crippen molar-refractivity contribution in [3.05, 3.63) is 23.9 Å². The number of hydrogen-bond acceptors (Lipinski definition) is 5. The van der Waals surface area contributed by atoms with Gasteiger partial charge < -0.3 is 11.1 Å². The Labute approximate surface area is 114 Å². The molecule has 0 atom stereocenters. The first kappa shape index (κ1) is 14.0. The minimum atomic E-state index is -0.454. The maximum atomic E-state index is 12.5. The van der Waals surface area contributed by atoms with Gasteiger partial charge in [-0.1, -0.05) is 6.07 Å². The van der Waals surface area contributed by atoms with Gasteiger partial charge in [0.15, 0.2) is 5.78 Å². The summed E-state index contributed by atoms with van der Waals surface area (Å²) < 4.78 is 0. The summed E-state index contributed by atoms with van der Waals surface area (Å²) in [5.74, 6) is 0.640. The zero-order chi connectivity index (χ0) is 13.9. The van der Waals surface area contributed by atoms with Crippen molar-refractivity contribution in [1.82, 2.24) is 15.2 Å². The Morgan fingerprint density at radius 1 is 1.47 bits per heavy atom. The number of aromatic nitrogens is 1. The molecule has 5 nitrogen and oxygen atoms in total. The van der Waals surface area contributed by atoms with E-state index in [1.165, 1.54) is 0 Å². The van der Waals surface area contributed by atoms with E-state index in [2.05, 4.69) is 15.2 Å². The normalized spacial score (nSPS) is 17.4. The predicted molar refractivity (Wildman–Crippen MR) is 75.9 cm³/mol. The fraction of sp³-hybridized carbons (Fsp3) is 0.571. The number of rotatable bonds is 4. The van der Waals surface area contributed by atoms with Crippen LogP contribution in [0.5, 0.6) is 0 Å². The number of anilines is 1. The fourth-order valence-electron chi connectivity index (χ4n) is 2.39. The van der Waals surface area contributed by atoms with Crippen LogP contribution in [0.15, 0.2) is 18.3 Å². The van der Waals surface area contributed by atoms with Gasteiger partial charge in [-0.25, -0.2) is 4.98 Å². The third-order valence-corrected chi connectivity index (χ3v) is 3.87. The van der Waals surface area contributed by atoms with Gasteiger partial charge in [0.1, 0.15) is 5.82 Å². The van der Waals surface area contributed by atoms with Gasteiger partial charge in [0.05, 0.1) is 5.54 Å². The Bertz CT molecular complexity index is 453. The lowest BCUT2D eigenvalue weighted by Gasteiger charge is -2.40. The van der Waals surface area contributed by atoms with Crippen LogP contribution in [0, 0.1) is 0 Å². The first-order valence-corrected chi connectivity index (χ1v) is 6.70. The monoisotopic (exact) mass is 262 g/mol. The average Bonchev–Trinajstić information content (AvgIpc) is 2.42. The Morgan fingerprint density at radius 3 is 2.79 bits per heavy atom. The van der Waals surface area contributed by atoms with Crippen molar-refractivity contribution in [3.8, 4) is 0 Å². The van der Waals surface area contributed by atoms with Gasteiger partial charge in [0.25, 0.3) is 0 Å². The number of pyridine rings is 1. The number of nitrogen functional groups attached to an aromatic ring is 1. The SMILES string of the molecule is CC(C)(C(=O)Cc1cccnc1N)N1CCNCC1. The second-order valence-electron chi connectivity index (χ2n) is 5.44. The minimum Gasteiger partial charge on any atom is -0.383 e. The first-order valence-electron chi connectivity index (χ1n) is 6.70. The highest BCUT2D eigenvalue weighted by molar-refractivity contribution is 5.90. The second kappa shape index (κ2) is 5.67. The molecule has 0 amide bonds. The van der Waals surface area contributed by atoms with E-state index in [1.54, 1.807) is 6.20 Å². The zero-order valence-electron chi connectivity index (χ0n) is 11.6. The number of carbonyl (C=O) groups excluding carboxylic acids is 1. The van der Waals surface area contributed by atoms with Crippen molar-refractivity contribution in [2.45, 2.75) is 25.8 Å². The lowest BCUT2D eigenvalue weighted by atomic mass is 9.91. The molecule has 0 aliphatic carbocycles. The molecule has 0 radical (unpaired) electrons. The Balaban J connectivity index is 2.08. The van der Waals surface area contributed by atoms with E-state index in [9.17, 15) is 4.79 Å². The van der Waals surface area contributed by atoms with Crippen molar-refractivity contribution in [3.63, 3.8) is 0 Å². The van der Waals surface area contributed by atoms with Crippen LogP contribution in [0.2, 0.25) is 0 Å². The molecule has 0 bridgehead atoms. The highest BCUT2D eigenvalue weighted by Crippen LogP contribution is 2.20. The Kier molecular flexibility index (Phi) is 4.17. The van der Waals surface area contributed by atoms with Crippen molar-refractivity contribution >= 4 is 11.6 Å². The summed E-state index contributed by atoms with van der Waals surface area (Å²) >= 11 is 0. The van der Waals surface area contributed by atoms with Crippen LogP contribution in [-0.2, 0) is 11.2 Å². The lowest BCUT2D eigenvalue weighted by Crippen LogP contribution is -2.57. The molecule has 0 aromatic carbocycles. The molecule has 1 aromatic rings. The summed E-state index contributed by atoms with van der Waals surface area (Å²) in [6.45, 7) is 7.67. The smallest absolute Gasteiger partial charge is 0.157 e. The fourth-order valence-corrected chi connectivity index (χ4v) is 2.39. The number of nitrogens with two attached hydrogens (primary N) is 1. The van der Waals surface area contributed by atoms with Gasteiger partial charge in [-0.2, -0.15) is 0 Å². The second-order valence-corrected chi connectivity index (χ2v) is 5.44. The summed E-state index contributed by atoms with van der Waals surface area (Å²) in [6.07, 6.45) is 1.99. The Morgan fingerprint density at radius 2 is 2.16 bits per heavy atom. The van der Waals surface area contributed by atoms with E-state index in [1.807, 2.05) is 26.0 Å². The lowest BCUT2D eigenvalue weighted by molar-refractivity contribution is -0.129. The third-order valence-electron chi connectivity index (χ3n) is 3.87. The number of piperazine rings is 1. The number of carbonyl (C=O) groups is 1. The molecule has 1 fully saturated rings. The van der Waals surface area contributed by atoms with Gasteiger partial charge in [0, 0.05) is 44.4 Å². The maximum absolute atomic E-state index is 12.5. The van der Waals surface area contributed by atoms with Crippen LogP contribution in [-0.4, -0.2) is 47.4 Å². The van der Waals surface area contributed by atoms with Gasteiger partial charge in [-0.3, -0.25) is 9.69 Å². The molecule has 1 saturated heterocycles. The summed E-state index contributed by atoms with van der Waals surface area (Å²) in [6, 6.07) is 3.69. The van der Waals surface area contributed by atoms with Crippen LogP contribution in [0.4, 0.5) is 5.82 Å². The Hall–Kier alpha value is -1.46. The van der Waals surface area contributed by atoms with E-state index in [0.717, 1.165) is 31.7 Å². The molecule has 0 saturated carbocycles. The predicted octanol–water partition coefficient (Wildman–Crippen LogP) is 0.459. The molecule has 1 aromatic heterocycles. The van der Waals surface area contributed by atoms with E-state index in [-0.39, 0.29) is 5.78 Å². The highest BCUT2D eigenvalue weighted by atomic mass is 16.1. The van der Waals surface area contributed by atoms with Crippen molar-refractivity contribution in [2.75, 3.05) is 31.9 Å². The summed E-state index contributed by atoms with van der Waals surface area (Å²) in [5.41, 5.74) is 6.17. The van der Waals surface area contributed by atoms with Crippen molar-refractivity contribution in [1.29, 1.82) is 0 Å². The molecule has 19 heavy (non-hydrogen) atoms. The molecular weight excluding hydrogens is 240 g/mol. The number of Topliss-reactive ketones (excluding diaryl/α,β-unsaturated/α-hetero) is 1. The van der Waals surface area contributed by atoms with Crippen LogP contribution in [0.25, 0.3) is 0 Å². The highest BCUT2D eigenvalue weighted by Gasteiger charge is 2.34. The topological polar surface area (TPSA) is 71.2 Å². The van der Waals surface area contributed by atoms with E-state index in [4.69, 9.17) is 5.73 Å². The van der Waals surface area contributed by atoms with Crippen LogP contribution < -0.4 is 11.1 Å². The number of nitrogens with zero attached hydrogens (tertiary/aromatic N) is 2. The quantitative estimate of drug-likeness (QED) is 0.825. The molecule has 0 spiro atoms. The number of nitrogens with one attached hydrogen (secondary N) is 1. The number of hydrogen-bond donors (Lipinski definition) is 2. The van der Waals surface area contributed by atoms with Crippen LogP contribution in [0.3, 0.4) is 0 Å². The van der Waals surface area contributed by atoms with E-state index >= 15 is 0 Å². The molecule has 5 heteroatoms. The molecule has 3 N–H and O–H groups in total. The first-order chi connectivity index (χ1) is 9.01. The van der Waals surface area contributed by atoms with E-state index < -0.39 is 5.54 Å². The van der Waals surface area contributed by atoms with E-state index in [0.29, 0.717) is 12.2 Å². The molecule has 2 heterocycles. The molecule has 1 aliphatic heterocycles. The largest absolute Gasteiger partial charge is 0.383 e. The van der Waals surface area contributed by atoms with Gasteiger partial charge in [-0.15, -0.1) is 0 Å². The zero-order valence-corrected chi connectivity index (χ0v) is 11.6. The average molecular weight is 262 g/mol. The summed E-state index contributed by atoms with van der Waals surface area (Å²) in [5, 5.41) is 3.30. The minimum absolute atomic E-state index is 0.189. The summed E-state index contributed by atoms with van der Waals surface area (Å²) in [4.78, 5) is 18.8. The third kappa shape index (κ3) is 3.11. The van der Waals surface area contributed by atoms with Crippen LogP contribution >= 0.6 is 0 Å². The van der Waals surface area contributed by atoms with Gasteiger partial charge >= 0.3 is 0 Å². The standard InChI is InChI=1S/C14H22N4O/c1-14(2,18-8-6-16-7-9-18)12(19)10-11-4-3-5-17-13(11)15/h3-5,16H,6-10H2,1-2H3,(H2,15,17). The van der Waals surface area contributed by atoms with Gasteiger partial charge in [0.2, 0.25) is 0 Å². The summed E-state index contributed by atoms with van der Waals surface area (Å²) in [7, 11) is 0. The molecule has 0 unspecified atom stereocenters. The maximum Gasteiger partial charge on any atom is 0.157 e. The van der Waals surface area contributed by atoms with Crippen molar-refractivity contribution < 1.29 is 4.79 Å². The molecular formula is C14H22N4O. The molecule has 104 valence electrons. The van der Waals surface area contributed by atoms with Crippen molar-refractivity contribution in [2.24, 2.45) is 0 Å². The van der Waals surface area contributed by atoms with Gasteiger partial charge in [-0.05, 0) is 19.9 Å². The molecule has 1 aliphatic rings. The van der Waals surface area contributed by atoms with Crippen LogP contribution in [0.1, 0.15) is 19.4 Å². The number of ketones is 1.